The molecule has 0 radical (unpaired) electrons. The van der Waals surface area contributed by atoms with Gasteiger partial charge in [-0.25, -0.2) is 0 Å². The molecule has 3 N–H and O–H groups in total. The Bertz CT molecular complexity index is 109. The van der Waals surface area contributed by atoms with Gasteiger partial charge in [-0.2, -0.15) is 0 Å². The van der Waals surface area contributed by atoms with E-state index in [1.165, 1.54) is 0 Å². The molecule has 0 aliphatic rings. The van der Waals surface area contributed by atoms with E-state index in [9.17, 15) is 4.79 Å². The highest BCUT2D eigenvalue weighted by molar-refractivity contribution is 5.77. The maximum Gasteiger partial charge on any atom is 0.225 e. The van der Waals surface area contributed by atoms with Gasteiger partial charge in [0.25, 0.3) is 0 Å². The van der Waals surface area contributed by atoms with E-state index in [0.717, 1.165) is 0 Å². The number of hydrogen-bond acceptors (Lipinski definition) is 2. The van der Waals surface area contributed by atoms with Gasteiger partial charge in [0.05, 0.1) is 6.42 Å². The fraction of sp³-hybridized carbons (Fsp3) is 0.400. The van der Waals surface area contributed by atoms with Crippen LogP contribution in [0.15, 0.2) is 12.3 Å². The Labute approximate surface area is 48.6 Å². The summed E-state index contributed by atoms with van der Waals surface area (Å²) < 4.78 is 0. The molecule has 0 aliphatic carbocycles. The van der Waals surface area contributed by atoms with Crippen LogP contribution in [0.25, 0.3) is 0 Å². The Kier molecular flexibility index (Phi) is 2.69. The zero-order chi connectivity index (χ0) is 6.57. The Morgan fingerprint density at radius 3 is 2.50 bits per heavy atom. The van der Waals surface area contributed by atoms with E-state index in [2.05, 4.69) is 11.9 Å². The van der Waals surface area contributed by atoms with Crippen molar-refractivity contribution in [3.05, 3.63) is 12.3 Å². The van der Waals surface area contributed by atoms with Crippen LogP contribution in [0.1, 0.15) is 6.42 Å². The van der Waals surface area contributed by atoms with E-state index >= 15 is 0 Å². The van der Waals surface area contributed by atoms with Crippen molar-refractivity contribution in [2.75, 3.05) is 7.05 Å². The molecular weight excluding hydrogens is 104 g/mol. The van der Waals surface area contributed by atoms with Gasteiger partial charge in [0.15, 0.2) is 0 Å². The van der Waals surface area contributed by atoms with E-state index in [0.29, 0.717) is 5.70 Å². The Hall–Kier alpha value is -0.990. The summed E-state index contributed by atoms with van der Waals surface area (Å²) in [5.41, 5.74) is 5.51. The average Bonchev–Trinajstić information content (AvgIpc) is 1.65. The van der Waals surface area contributed by atoms with Crippen LogP contribution in [-0.4, -0.2) is 13.0 Å². The predicted molar refractivity (Wildman–Crippen MR) is 32.0 cm³/mol. The summed E-state index contributed by atoms with van der Waals surface area (Å²) in [6.45, 7) is 3.36. The average molecular weight is 114 g/mol. The first-order chi connectivity index (χ1) is 3.66. The summed E-state index contributed by atoms with van der Waals surface area (Å²) in [5, 5.41) is 2.42. The van der Waals surface area contributed by atoms with Gasteiger partial charge in [0.1, 0.15) is 0 Å². The van der Waals surface area contributed by atoms with Crippen LogP contribution in [0, 0.1) is 0 Å². The minimum absolute atomic E-state index is 0.0995. The Balaban J connectivity index is 3.40. The fourth-order valence-electron chi connectivity index (χ4n) is 0.295. The van der Waals surface area contributed by atoms with Gasteiger partial charge < -0.3 is 11.1 Å². The minimum atomic E-state index is -0.0995. The Morgan fingerprint density at radius 2 is 2.38 bits per heavy atom. The molecule has 3 heteroatoms. The summed E-state index contributed by atoms with van der Waals surface area (Å²) in [6, 6.07) is 0. The predicted octanol–water partition coefficient (Wildman–Crippen LogP) is -0.405. The van der Waals surface area contributed by atoms with Crippen LogP contribution in [0.5, 0.6) is 0 Å². The van der Waals surface area contributed by atoms with E-state index < -0.39 is 0 Å². The van der Waals surface area contributed by atoms with E-state index in [1.54, 1.807) is 7.05 Å². The number of nitrogens with one attached hydrogen (secondary N) is 1. The Morgan fingerprint density at radius 1 is 1.88 bits per heavy atom. The van der Waals surface area contributed by atoms with Gasteiger partial charge in [0.2, 0.25) is 5.91 Å². The third kappa shape index (κ3) is 3.21. The minimum Gasteiger partial charge on any atom is -0.402 e. The van der Waals surface area contributed by atoms with E-state index in [4.69, 9.17) is 5.73 Å². The third-order valence-electron chi connectivity index (χ3n) is 0.666. The molecular formula is C5H10N2O. The zero-order valence-corrected chi connectivity index (χ0v) is 4.90. The van der Waals surface area contributed by atoms with Gasteiger partial charge in [-0.3, -0.25) is 4.79 Å². The molecule has 0 atom stereocenters. The van der Waals surface area contributed by atoms with Gasteiger partial charge in [-0.05, 0) is 0 Å². The number of amides is 1. The van der Waals surface area contributed by atoms with Gasteiger partial charge in [0, 0.05) is 12.7 Å². The first-order valence-electron chi connectivity index (χ1n) is 2.30. The van der Waals surface area contributed by atoms with Crippen LogP contribution in [0.4, 0.5) is 0 Å². The fourth-order valence-corrected chi connectivity index (χ4v) is 0.295. The smallest absolute Gasteiger partial charge is 0.225 e. The summed E-state index contributed by atoms with van der Waals surface area (Å²) in [6.07, 6.45) is 0.219. The van der Waals surface area contributed by atoms with Gasteiger partial charge in [-0.1, -0.05) is 6.58 Å². The van der Waals surface area contributed by atoms with Crippen molar-refractivity contribution in [1.82, 2.24) is 5.32 Å². The van der Waals surface area contributed by atoms with Crippen LogP contribution < -0.4 is 11.1 Å². The lowest BCUT2D eigenvalue weighted by Crippen LogP contribution is -2.19. The molecule has 46 valence electrons. The molecule has 0 aliphatic heterocycles. The second-order valence-corrected chi connectivity index (χ2v) is 1.51. The zero-order valence-electron chi connectivity index (χ0n) is 4.90. The maximum atomic E-state index is 10.4. The highest BCUT2D eigenvalue weighted by atomic mass is 16.1. The number of hydrogen-bond donors (Lipinski definition) is 2. The first-order valence-corrected chi connectivity index (χ1v) is 2.30. The molecule has 0 unspecified atom stereocenters. The van der Waals surface area contributed by atoms with Crippen molar-refractivity contribution in [3.8, 4) is 0 Å². The quantitative estimate of drug-likeness (QED) is 0.513. The molecule has 8 heavy (non-hydrogen) atoms. The maximum absolute atomic E-state index is 10.4. The molecule has 0 heterocycles. The van der Waals surface area contributed by atoms with Crippen LogP contribution in [-0.2, 0) is 4.79 Å². The van der Waals surface area contributed by atoms with Crippen LogP contribution in [0.3, 0.4) is 0 Å². The van der Waals surface area contributed by atoms with Crippen molar-refractivity contribution in [1.29, 1.82) is 0 Å². The summed E-state index contributed by atoms with van der Waals surface area (Å²) in [4.78, 5) is 10.4. The molecule has 0 saturated heterocycles. The number of nitrogens with two attached hydrogens (primary N) is 1. The summed E-state index contributed by atoms with van der Waals surface area (Å²) >= 11 is 0. The number of carbonyl (C=O) groups is 1. The third-order valence-corrected chi connectivity index (χ3v) is 0.666. The molecule has 1 amide bonds. The largest absolute Gasteiger partial charge is 0.402 e. The second kappa shape index (κ2) is 3.07. The molecule has 0 aromatic carbocycles. The van der Waals surface area contributed by atoms with E-state index in [1.807, 2.05) is 0 Å². The number of rotatable bonds is 2. The van der Waals surface area contributed by atoms with Crippen molar-refractivity contribution >= 4 is 5.91 Å². The molecule has 0 rings (SSSR count). The number of carbonyl (C=O) groups excluding carboxylic acids is 1. The van der Waals surface area contributed by atoms with Crippen molar-refractivity contribution in [2.24, 2.45) is 5.73 Å². The highest BCUT2D eigenvalue weighted by Crippen LogP contribution is 1.84. The van der Waals surface area contributed by atoms with Gasteiger partial charge in [-0.15, -0.1) is 0 Å². The van der Waals surface area contributed by atoms with Crippen molar-refractivity contribution in [3.63, 3.8) is 0 Å². The lowest BCUT2D eigenvalue weighted by Gasteiger charge is -1.95. The van der Waals surface area contributed by atoms with E-state index in [-0.39, 0.29) is 12.3 Å². The molecule has 3 nitrogen and oxygen atoms in total. The second-order valence-electron chi connectivity index (χ2n) is 1.51. The standard InChI is InChI=1S/C5H10N2O/c1-4(6)3-5(8)7-2/h1,3,6H2,2H3,(H,7,8). The summed E-state index contributed by atoms with van der Waals surface area (Å²) in [5.74, 6) is -0.0995. The molecule has 0 spiro atoms. The first kappa shape index (κ1) is 7.01. The highest BCUT2D eigenvalue weighted by Gasteiger charge is 1.94. The molecule has 0 fully saturated rings. The lowest BCUT2D eigenvalue weighted by molar-refractivity contribution is -0.119. The SMILES string of the molecule is C=C(N)CC(=O)NC. The molecule has 0 bridgehead atoms. The lowest BCUT2D eigenvalue weighted by atomic mass is 10.3. The van der Waals surface area contributed by atoms with Crippen molar-refractivity contribution in [2.45, 2.75) is 6.42 Å². The van der Waals surface area contributed by atoms with Crippen LogP contribution in [0.2, 0.25) is 0 Å². The van der Waals surface area contributed by atoms with Crippen LogP contribution >= 0.6 is 0 Å². The molecule has 0 aromatic heterocycles. The van der Waals surface area contributed by atoms with Crippen molar-refractivity contribution < 1.29 is 4.79 Å². The monoisotopic (exact) mass is 114 g/mol. The molecule has 0 saturated carbocycles. The molecule has 0 aromatic rings. The summed E-state index contributed by atoms with van der Waals surface area (Å²) in [7, 11) is 1.56. The van der Waals surface area contributed by atoms with Gasteiger partial charge >= 0.3 is 0 Å². The normalized spacial score (nSPS) is 8.12. The topological polar surface area (TPSA) is 55.1 Å².